The van der Waals surface area contributed by atoms with E-state index in [4.69, 9.17) is 0 Å². The van der Waals surface area contributed by atoms with Crippen LogP contribution in [0.15, 0.2) is 0 Å². The van der Waals surface area contributed by atoms with Crippen LogP contribution in [0, 0.1) is 11.3 Å². The van der Waals surface area contributed by atoms with Gasteiger partial charge in [-0.1, -0.05) is 40.5 Å². The lowest BCUT2D eigenvalue weighted by atomic mass is 9.79. The normalized spacial score (nSPS) is 20.6. The second-order valence-electron chi connectivity index (χ2n) is 6.15. The van der Waals surface area contributed by atoms with Crippen molar-refractivity contribution in [3.05, 3.63) is 0 Å². The standard InChI is InChI=1S/C14H29N/c1-5-9-14(4,10-8-12(2)3)11-15-13-6-7-13/h12-13,15H,5-11H2,1-4H3. The van der Waals surface area contributed by atoms with Crippen molar-refractivity contribution in [2.24, 2.45) is 11.3 Å². The van der Waals surface area contributed by atoms with E-state index in [0.717, 1.165) is 12.0 Å². The molecule has 90 valence electrons. The Bertz CT molecular complexity index is 164. The average Bonchev–Trinajstić information content (AvgIpc) is 2.96. The summed E-state index contributed by atoms with van der Waals surface area (Å²) in [6, 6.07) is 0.861. The first-order valence-corrected chi connectivity index (χ1v) is 6.79. The fourth-order valence-electron chi connectivity index (χ4n) is 2.22. The van der Waals surface area contributed by atoms with Gasteiger partial charge in [0.05, 0.1) is 0 Å². The van der Waals surface area contributed by atoms with E-state index in [2.05, 4.69) is 33.0 Å². The minimum absolute atomic E-state index is 0.543. The van der Waals surface area contributed by atoms with Crippen molar-refractivity contribution >= 4 is 0 Å². The van der Waals surface area contributed by atoms with Crippen molar-refractivity contribution in [2.75, 3.05) is 6.54 Å². The lowest BCUT2D eigenvalue weighted by molar-refractivity contribution is 0.236. The smallest absolute Gasteiger partial charge is 0.00684 e. The Labute approximate surface area is 96.0 Å². The van der Waals surface area contributed by atoms with Crippen LogP contribution in [-0.4, -0.2) is 12.6 Å². The molecule has 0 spiro atoms. The summed E-state index contributed by atoms with van der Waals surface area (Å²) in [5, 5.41) is 3.71. The second-order valence-corrected chi connectivity index (χ2v) is 6.15. The Balaban J connectivity index is 2.28. The highest BCUT2D eigenvalue weighted by atomic mass is 15.0. The molecule has 1 aliphatic carbocycles. The van der Waals surface area contributed by atoms with Crippen LogP contribution in [-0.2, 0) is 0 Å². The van der Waals surface area contributed by atoms with E-state index in [0.29, 0.717) is 5.41 Å². The van der Waals surface area contributed by atoms with E-state index in [1.165, 1.54) is 45.1 Å². The molecule has 0 heterocycles. The third-order valence-corrected chi connectivity index (χ3v) is 3.57. The molecular weight excluding hydrogens is 182 g/mol. The molecular formula is C14H29N. The summed E-state index contributed by atoms with van der Waals surface area (Å²) in [4.78, 5) is 0. The number of nitrogens with one attached hydrogen (secondary N) is 1. The maximum atomic E-state index is 3.71. The highest BCUT2D eigenvalue weighted by Crippen LogP contribution is 2.31. The van der Waals surface area contributed by atoms with Crippen LogP contribution >= 0.6 is 0 Å². The van der Waals surface area contributed by atoms with Gasteiger partial charge in [-0.05, 0) is 37.0 Å². The summed E-state index contributed by atoms with van der Waals surface area (Å²) in [5.74, 6) is 0.849. The van der Waals surface area contributed by atoms with Crippen LogP contribution in [0.4, 0.5) is 0 Å². The molecule has 0 aromatic carbocycles. The molecule has 0 amide bonds. The summed E-state index contributed by atoms with van der Waals surface area (Å²) in [5.41, 5.74) is 0.543. The zero-order valence-corrected chi connectivity index (χ0v) is 11.1. The Morgan fingerprint density at radius 3 is 2.40 bits per heavy atom. The predicted molar refractivity (Wildman–Crippen MR) is 68.1 cm³/mol. The van der Waals surface area contributed by atoms with E-state index in [1.54, 1.807) is 0 Å². The third kappa shape index (κ3) is 5.55. The van der Waals surface area contributed by atoms with E-state index in [1.807, 2.05) is 0 Å². The van der Waals surface area contributed by atoms with Crippen molar-refractivity contribution in [2.45, 2.75) is 72.3 Å². The summed E-state index contributed by atoms with van der Waals surface area (Å²) < 4.78 is 0. The topological polar surface area (TPSA) is 12.0 Å². The maximum absolute atomic E-state index is 3.71. The molecule has 1 atom stereocenters. The van der Waals surface area contributed by atoms with Crippen LogP contribution in [0.1, 0.15) is 66.2 Å². The molecule has 15 heavy (non-hydrogen) atoms. The van der Waals surface area contributed by atoms with Crippen LogP contribution in [0.2, 0.25) is 0 Å². The third-order valence-electron chi connectivity index (χ3n) is 3.57. The predicted octanol–water partition coefficient (Wildman–Crippen LogP) is 3.98. The molecule has 1 heteroatoms. The minimum atomic E-state index is 0.543. The zero-order chi connectivity index (χ0) is 11.3. The number of rotatable bonds is 8. The Hall–Kier alpha value is -0.0400. The van der Waals surface area contributed by atoms with Gasteiger partial charge in [0.2, 0.25) is 0 Å². The van der Waals surface area contributed by atoms with E-state index in [-0.39, 0.29) is 0 Å². The highest BCUT2D eigenvalue weighted by molar-refractivity contribution is 4.85. The van der Waals surface area contributed by atoms with Gasteiger partial charge >= 0.3 is 0 Å². The Morgan fingerprint density at radius 1 is 1.27 bits per heavy atom. The summed E-state index contributed by atoms with van der Waals surface area (Å²) in [6.07, 6.45) is 8.28. The van der Waals surface area contributed by atoms with Crippen molar-refractivity contribution in [1.29, 1.82) is 0 Å². The molecule has 1 rings (SSSR count). The van der Waals surface area contributed by atoms with Crippen LogP contribution < -0.4 is 5.32 Å². The molecule has 0 aliphatic heterocycles. The minimum Gasteiger partial charge on any atom is -0.313 e. The second kappa shape index (κ2) is 5.89. The summed E-state index contributed by atoms with van der Waals surface area (Å²) >= 11 is 0. The van der Waals surface area contributed by atoms with Crippen LogP contribution in [0.3, 0.4) is 0 Å². The SMILES string of the molecule is CCCC(C)(CCC(C)C)CNC1CC1. The molecule has 0 saturated heterocycles. The lowest BCUT2D eigenvalue weighted by Gasteiger charge is -2.30. The Morgan fingerprint density at radius 2 is 1.93 bits per heavy atom. The van der Waals surface area contributed by atoms with Crippen LogP contribution in [0.5, 0.6) is 0 Å². The van der Waals surface area contributed by atoms with Gasteiger partial charge in [0.1, 0.15) is 0 Å². The van der Waals surface area contributed by atoms with E-state index in [9.17, 15) is 0 Å². The van der Waals surface area contributed by atoms with Crippen molar-refractivity contribution in [3.63, 3.8) is 0 Å². The van der Waals surface area contributed by atoms with Gasteiger partial charge in [-0.25, -0.2) is 0 Å². The van der Waals surface area contributed by atoms with Gasteiger partial charge in [-0.15, -0.1) is 0 Å². The van der Waals surface area contributed by atoms with Crippen molar-refractivity contribution in [3.8, 4) is 0 Å². The van der Waals surface area contributed by atoms with Crippen molar-refractivity contribution in [1.82, 2.24) is 5.32 Å². The fraction of sp³-hybridized carbons (Fsp3) is 1.00. The largest absolute Gasteiger partial charge is 0.313 e. The maximum Gasteiger partial charge on any atom is 0.00684 e. The molecule has 1 N–H and O–H groups in total. The molecule has 1 fully saturated rings. The molecule has 1 nitrogen and oxygen atoms in total. The lowest BCUT2D eigenvalue weighted by Crippen LogP contribution is -2.33. The van der Waals surface area contributed by atoms with Crippen LogP contribution in [0.25, 0.3) is 0 Å². The first-order valence-electron chi connectivity index (χ1n) is 6.79. The summed E-state index contributed by atoms with van der Waals surface area (Å²) in [6.45, 7) is 10.7. The van der Waals surface area contributed by atoms with E-state index >= 15 is 0 Å². The van der Waals surface area contributed by atoms with Gasteiger partial charge in [0.25, 0.3) is 0 Å². The molecule has 1 unspecified atom stereocenters. The molecule has 0 radical (unpaired) electrons. The molecule has 1 saturated carbocycles. The zero-order valence-electron chi connectivity index (χ0n) is 11.1. The van der Waals surface area contributed by atoms with E-state index < -0.39 is 0 Å². The van der Waals surface area contributed by atoms with Gasteiger partial charge < -0.3 is 5.32 Å². The fourth-order valence-corrected chi connectivity index (χ4v) is 2.22. The number of hydrogen-bond donors (Lipinski definition) is 1. The molecule has 0 aromatic rings. The quantitative estimate of drug-likeness (QED) is 0.640. The van der Waals surface area contributed by atoms with Gasteiger partial charge in [-0.2, -0.15) is 0 Å². The Kier molecular flexibility index (Phi) is 5.11. The average molecular weight is 211 g/mol. The molecule has 1 aliphatic rings. The van der Waals surface area contributed by atoms with Gasteiger partial charge in [0, 0.05) is 12.6 Å². The highest BCUT2D eigenvalue weighted by Gasteiger charge is 2.27. The van der Waals surface area contributed by atoms with Crippen molar-refractivity contribution < 1.29 is 0 Å². The first kappa shape index (κ1) is 13.0. The first-order chi connectivity index (χ1) is 7.06. The van der Waals surface area contributed by atoms with Gasteiger partial charge in [-0.3, -0.25) is 0 Å². The molecule has 0 bridgehead atoms. The monoisotopic (exact) mass is 211 g/mol. The van der Waals surface area contributed by atoms with Gasteiger partial charge in [0.15, 0.2) is 0 Å². The summed E-state index contributed by atoms with van der Waals surface area (Å²) in [7, 11) is 0. The number of hydrogen-bond acceptors (Lipinski definition) is 1. The molecule has 0 aromatic heterocycles.